The Labute approximate surface area is 165 Å². The van der Waals surface area contributed by atoms with Crippen molar-refractivity contribution in [3.63, 3.8) is 0 Å². The van der Waals surface area contributed by atoms with Crippen LogP contribution in [0.1, 0.15) is 76.8 Å². The highest BCUT2D eigenvalue weighted by molar-refractivity contribution is 5.36. The summed E-state index contributed by atoms with van der Waals surface area (Å²) < 4.78 is 0. The number of aliphatic hydroxyl groups excluding tert-OH is 3. The van der Waals surface area contributed by atoms with Gasteiger partial charge in [-0.3, -0.25) is 0 Å². The minimum atomic E-state index is -0.692. The van der Waals surface area contributed by atoms with E-state index >= 15 is 0 Å². The Morgan fingerprint density at radius 1 is 1.00 bits per heavy atom. The molecule has 3 nitrogen and oxygen atoms in total. The minimum Gasteiger partial charge on any atom is -0.393 e. The van der Waals surface area contributed by atoms with Crippen molar-refractivity contribution in [3.05, 3.63) is 35.4 Å². The van der Waals surface area contributed by atoms with E-state index in [0.29, 0.717) is 19.3 Å². The van der Waals surface area contributed by atoms with Crippen LogP contribution in [-0.2, 0) is 0 Å². The van der Waals surface area contributed by atoms with Gasteiger partial charge in [0.2, 0.25) is 0 Å². The normalized spacial score (nSPS) is 25.1. The quantitative estimate of drug-likeness (QED) is 0.488. The lowest BCUT2D eigenvalue weighted by Gasteiger charge is -2.23. The first-order valence-corrected chi connectivity index (χ1v) is 10.6. The Morgan fingerprint density at radius 2 is 1.59 bits per heavy atom. The third kappa shape index (κ3) is 8.05. The number of aryl methyl sites for hydroxylation is 1. The predicted octanol–water partition coefficient (Wildman–Crippen LogP) is 4.45. The summed E-state index contributed by atoms with van der Waals surface area (Å²) in [5.74, 6) is 6.13. The predicted molar refractivity (Wildman–Crippen MR) is 112 cm³/mol. The molecule has 2 rings (SSSR count). The fourth-order valence-electron chi connectivity index (χ4n) is 3.84. The number of hydrogen-bond donors (Lipinski definition) is 3. The largest absolute Gasteiger partial charge is 0.393 e. The molecule has 1 aliphatic rings. The van der Waals surface area contributed by atoms with Gasteiger partial charge in [-0.25, -0.2) is 0 Å². The maximum Gasteiger partial charge on any atom is 0.115 e. The van der Waals surface area contributed by atoms with Crippen LogP contribution in [0.5, 0.6) is 0 Å². The summed E-state index contributed by atoms with van der Waals surface area (Å²) in [6, 6.07) is 7.92. The van der Waals surface area contributed by atoms with E-state index < -0.39 is 18.3 Å². The van der Waals surface area contributed by atoms with Crippen LogP contribution < -0.4 is 0 Å². The molecule has 0 heterocycles. The van der Waals surface area contributed by atoms with Crippen molar-refractivity contribution in [2.45, 2.75) is 91.0 Å². The summed E-state index contributed by atoms with van der Waals surface area (Å²) in [4.78, 5) is 0. The lowest BCUT2D eigenvalue weighted by Crippen LogP contribution is -2.23. The molecule has 1 aliphatic carbocycles. The van der Waals surface area contributed by atoms with Crippen LogP contribution in [0.3, 0.4) is 0 Å². The van der Waals surface area contributed by atoms with Gasteiger partial charge in [0.15, 0.2) is 0 Å². The van der Waals surface area contributed by atoms with Gasteiger partial charge >= 0.3 is 0 Å². The van der Waals surface area contributed by atoms with Crippen LogP contribution >= 0.6 is 0 Å². The smallest absolute Gasteiger partial charge is 0.115 e. The maximum atomic E-state index is 10.3. The van der Waals surface area contributed by atoms with Crippen LogP contribution in [0.15, 0.2) is 24.3 Å². The molecular formula is C24H38O3. The second kappa shape index (κ2) is 12.9. The number of unbranched alkanes of at least 4 members (excludes halogenated alkanes) is 2. The Balaban J connectivity index is 0.00000176. The summed E-state index contributed by atoms with van der Waals surface area (Å²) in [6.07, 6.45) is 4.52. The number of benzene rings is 1. The zero-order valence-electron chi connectivity index (χ0n) is 17.5. The van der Waals surface area contributed by atoms with E-state index in [0.717, 1.165) is 31.2 Å². The van der Waals surface area contributed by atoms with E-state index in [9.17, 15) is 15.3 Å². The molecule has 0 spiro atoms. The van der Waals surface area contributed by atoms with Crippen LogP contribution in [0.2, 0.25) is 0 Å². The van der Waals surface area contributed by atoms with Gasteiger partial charge in [-0.05, 0) is 56.6 Å². The van der Waals surface area contributed by atoms with Crippen molar-refractivity contribution in [3.8, 4) is 11.8 Å². The molecule has 3 N–H and O–H groups in total. The minimum absolute atomic E-state index is 0.0719. The summed E-state index contributed by atoms with van der Waals surface area (Å²) in [6.45, 7) is 8.20. The number of aliphatic hydroxyl groups is 3. The number of rotatable bonds is 7. The van der Waals surface area contributed by atoms with Crippen molar-refractivity contribution >= 4 is 0 Å². The number of hydrogen-bond acceptors (Lipinski definition) is 3. The zero-order valence-corrected chi connectivity index (χ0v) is 17.5. The van der Waals surface area contributed by atoms with Crippen molar-refractivity contribution in [2.75, 3.05) is 0 Å². The molecule has 3 unspecified atom stereocenters. The topological polar surface area (TPSA) is 60.7 Å². The zero-order chi connectivity index (χ0) is 20.2. The first-order valence-electron chi connectivity index (χ1n) is 10.6. The van der Waals surface area contributed by atoms with Crippen LogP contribution in [0.25, 0.3) is 0 Å². The van der Waals surface area contributed by atoms with Gasteiger partial charge in [0.05, 0.1) is 12.2 Å². The molecule has 0 aliphatic heterocycles. The first-order chi connectivity index (χ1) is 13.0. The molecule has 0 amide bonds. The van der Waals surface area contributed by atoms with E-state index in [4.69, 9.17) is 0 Å². The van der Waals surface area contributed by atoms with Gasteiger partial charge in [-0.2, -0.15) is 0 Å². The molecule has 27 heavy (non-hydrogen) atoms. The average molecular weight is 375 g/mol. The molecule has 152 valence electrons. The van der Waals surface area contributed by atoms with Gasteiger partial charge in [0, 0.05) is 5.56 Å². The third-order valence-electron chi connectivity index (χ3n) is 5.37. The van der Waals surface area contributed by atoms with Crippen LogP contribution in [-0.4, -0.2) is 33.6 Å². The fraction of sp³-hybridized carbons (Fsp3) is 0.667. The lowest BCUT2D eigenvalue weighted by molar-refractivity contribution is 0.0913. The molecule has 1 saturated carbocycles. The van der Waals surface area contributed by atoms with Gasteiger partial charge in [-0.1, -0.05) is 69.6 Å². The second-order valence-corrected chi connectivity index (χ2v) is 7.42. The molecule has 0 saturated heterocycles. The highest BCUT2D eigenvalue weighted by Gasteiger charge is 2.40. The average Bonchev–Trinajstić information content (AvgIpc) is 2.94. The third-order valence-corrected chi connectivity index (χ3v) is 5.37. The van der Waals surface area contributed by atoms with Crippen molar-refractivity contribution < 1.29 is 15.3 Å². The molecule has 0 aromatic heterocycles. The van der Waals surface area contributed by atoms with Crippen molar-refractivity contribution in [1.29, 1.82) is 0 Å². The molecule has 1 aromatic rings. The SMILES string of the molecule is CC.CCCCC[C@@H]1C(CCC(O)C#Cc2ccc(C)cc2)C(O)C[C@@H]1O. The van der Waals surface area contributed by atoms with Crippen molar-refractivity contribution in [1.82, 2.24) is 0 Å². The molecule has 1 aromatic carbocycles. The Kier molecular flexibility index (Phi) is 11.4. The lowest BCUT2D eigenvalue weighted by atomic mass is 9.85. The Hall–Kier alpha value is -1.34. The van der Waals surface area contributed by atoms with E-state index in [1.54, 1.807) is 0 Å². The van der Waals surface area contributed by atoms with Crippen LogP contribution in [0, 0.1) is 30.6 Å². The molecular weight excluding hydrogens is 336 g/mol. The van der Waals surface area contributed by atoms with E-state index in [-0.39, 0.29) is 11.8 Å². The second-order valence-electron chi connectivity index (χ2n) is 7.42. The molecule has 5 atom stereocenters. The standard InChI is InChI=1S/C22H32O3.C2H6/c1-3-4-5-6-19-20(22(25)15-21(19)24)14-13-18(23)12-11-17-9-7-16(2)8-10-17;1-2/h7-10,18-25H,3-6,13-15H2,1-2H3;1-2H3/t18?,19-,20?,21+,22?;/m1./s1. The Morgan fingerprint density at radius 3 is 2.19 bits per heavy atom. The summed E-state index contributed by atoms with van der Waals surface area (Å²) in [5, 5.41) is 30.6. The van der Waals surface area contributed by atoms with Gasteiger partial charge < -0.3 is 15.3 Å². The van der Waals surface area contributed by atoms with E-state index in [2.05, 4.69) is 18.8 Å². The summed E-state index contributed by atoms with van der Waals surface area (Å²) in [7, 11) is 0. The van der Waals surface area contributed by atoms with Crippen LogP contribution in [0.4, 0.5) is 0 Å². The molecule has 1 fully saturated rings. The fourth-order valence-corrected chi connectivity index (χ4v) is 3.84. The molecule has 0 bridgehead atoms. The van der Waals surface area contributed by atoms with Gasteiger partial charge in [-0.15, -0.1) is 0 Å². The molecule has 0 radical (unpaired) electrons. The summed E-state index contributed by atoms with van der Waals surface area (Å²) >= 11 is 0. The van der Waals surface area contributed by atoms with E-state index in [1.807, 2.05) is 45.0 Å². The molecule has 3 heteroatoms. The highest BCUT2D eigenvalue weighted by Crippen LogP contribution is 2.39. The van der Waals surface area contributed by atoms with Crippen molar-refractivity contribution in [2.24, 2.45) is 11.8 Å². The van der Waals surface area contributed by atoms with E-state index in [1.165, 1.54) is 5.56 Å². The first kappa shape index (κ1) is 23.7. The highest BCUT2D eigenvalue weighted by atomic mass is 16.3. The maximum absolute atomic E-state index is 10.3. The van der Waals surface area contributed by atoms with Gasteiger partial charge in [0.1, 0.15) is 6.10 Å². The van der Waals surface area contributed by atoms with Gasteiger partial charge in [0.25, 0.3) is 0 Å². The summed E-state index contributed by atoms with van der Waals surface area (Å²) in [5.41, 5.74) is 2.09. The monoisotopic (exact) mass is 374 g/mol. The Bertz CT molecular complexity index is 570.